The Bertz CT molecular complexity index is 414. The van der Waals surface area contributed by atoms with Crippen LogP contribution in [-0.4, -0.2) is 18.5 Å². The fourth-order valence-corrected chi connectivity index (χ4v) is 2.32. The summed E-state index contributed by atoms with van der Waals surface area (Å²) in [7, 11) is 0. The van der Waals surface area contributed by atoms with Crippen LogP contribution in [0.2, 0.25) is 0 Å². The molecule has 1 fully saturated rings. The van der Waals surface area contributed by atoms with E-state index in [9.17, 15) is 4.79 Å². The molecular formula is C13H18N2O. The van der Waals surface area contributed by atoms with Crippen molar-refractivity contribution in [2.24, 2.45) is 5.73 Å². The molecule has 1 heterocycles. The highest BCUT2D eigenvalue weighted by atomic mass is 16.2. The number of anilines is 1. The highest BCUT2D eigenvalue weighted by Gasteiger charge is 2.31. The Labute approximate surface area is 96.2 Å². The second kappa shape index (κ2) is 4.26. The van der Waals surface area contributed by atoms with Gasteiger partial charge in [0.1, 0.15) is 0 Å². The largest absolute Gasteiger partial charge is 0.320 e. The lowest BCUT2D eigenvalue weighted by Gasteiger charge is -2.22. The summed E-state index contributed by atoms with van der Waals surface area (Å²) in [5.41, 5.74) is 9.21. The molecule has 0 radical (unpaired) electrons. The van der Waals surface area contributed by atoms with Crippen LogP contribution in [0.4, 0.5) is 5.69 Å². The molecule has 0 bridgehead atoms. The van der Waals surface area contributed by atoms with E-state index < -0.39 is 0 Å². The van der Waals surface area contributed by atoms with Crippen molar-refractivity contribution in [2.45, 2.75) is 32.7 Å². The molecule has 1 atom stereocenters. The number of amides is 1. The van der Waals surface area contributed by atoms with Crippen molar-refractivity contribution in [3.63, 3.8) is 0 Å². The topological polar surface area (TPSA) is 46.3 Å². The van der Waals surface area contributed by atoms with E-state index in [1.807, 2.05) is 24.0 Å². The predicted molar refractivity (Wildman–Crippen MR) is 65.5 cm³/mol. The molecule has 0 aromatic heterocycles. The zero-order valence-electron chi connectivity index (χ0n) is 9.86. The van der Waals surface area contributed by atoms with Crippen LogP contribution in [0.1, 0.15) is 24.5 Å². The molecule has 2 N–H and O–H groups in total. The van der Waals surface area contributed by atoms with E-state index >= 15 is 0 Å². The van der Waals surface area contributed by atoms with Gasteiger partial charge in [-0.25, -0.2) is 0 Å². The van der Waals surface area contributed by atoms with E-state index in [2.05, 4.69) is 13.0 Å². The van der Waals surface area contributed by atoms with Crippen LogP contribution in [0.5, 0.6) is 0 Å². The molecule has 1 aliphatic rings. The first kappa shape index (κ1) is 11.1. The smallest absolute Gasteiger partial charge is 0.243 e. The summed E-state index contributed by atoms with van der Waals surface area (Å²) >= 11 is 0. The summed E-state index contributed by atoms with van der Waals surface area (Å²) in [6.45, 7) is 4.90. The summed E-state index contributed by atoms with van der Waals surface area (Å²) in [6.07, 6.45) is 1.70. The Balaban J connectivity index is 2.43. The van der Waals surface area contributed by atoms with E-state index in [0.717, 1.165) is 30.6 Å². The van der Waals surface area contributed by atoms with Gasteiger partial charge in [0, 0.05) is 12.2 Å². The highest BCUT2D eigenvalue weighted by Crippen LogP contribution is 2.29. The number of aryl methyl sites for hydroxylation is 2. The predicted octanol–water partition coefficient (Wildman–Crippen LogP) is 1.62. The molecule has 1 saturated heterocycles. The second-order valence-corrected chi connectivity index (χ2v) is 4.32. The molecule has 0 spiro atoms. The zero-order chi connectivity index (χ0) is 11.7. The van der Waals surface area contributed by atoms with Crippen molar-refractivity contribution in [3.05, 3.63) is 29.3 Å². The van der Waals surface area contributed by atoms with Crippen LogP contribution < -0.4 is 10.6 Å². The summed E-state index contributed by atoms with van der Waals surface area (Å²) in [5, 5.41) is 0. The molecule has 16 heavy (non-hydrogen) atoms. The summed E-state index contributed by atoms with van der Waals surface area (Å²) in [5.74, 6) is 0.0593. The average Bonchev–Trinajstić information content (AvgIpc) is 2.60. The van der Waals surface area contributed by atoms with Crippen LogP contribution in [0.3, 0.4) is 0 Å². The van der Waals surface area contributed by atoms with Crippen molar-refractivity contribution in [2.75, 3.05) is 11.4 Å². The number of carbonyl (C=O) groups is 1. The molecule has 3 heteroatoms. The average molecular weight is 218 g/mol. The van der Waals surface area contributed by atoms with Gasteiger partial charge in [-0.15, -0.1) is 0 Å². The number of para-hydroxylation sites is 1. The highest BCUT2D eigenvalue weighted by molar-refractivity contribution is 6.00. The van der Waals surface area contributed by atoms with Crippen LogP contribution in [0.25, 0.3) is 0 Å². The van der Waals surface area contributed by atoms with Gasteiger partial charge in [-0.1, -0.05) is 25.1 Å². The van der Waals surface area contributed by atoms with E-state index in [4.69, 9.17) is 5.73 Å². The molecule has 1 aromatic rings. The van der Waals surface area contributed by atoms with E-state index in [0.29, 0.717) is 0 Å². The number of hydrogen-bond donors (Lipinski definition) is 1. The molecule has 1 aliphatic heterocycles. The minimum Gasteiger partial charge on any atom is -0.320 e. The summed E-state index contributed by atoms with van der Waals surface area (Å²) in [4.78, 5) is 13.8. The number of hydrogen-bond acceptors (Lipinski definition) is 2. The van der Waals surface area contributed by atoms with Crippen molar-refractivity contribution in [1.82, 2.24) is 0 Å². The first-order chi connectivity index (χ1) is 7.65. The van der Waals surface area contributed by atoms with Gasteiger partial charge >= 0.3 is 0 Å². The molecule has 2 rings (SSSR count). The SMILES string of the molecule is CCc1cccc(C)c1N1CCC(N)C1=O. The van der Waals surface area contributed by atoms with Crippen molar-refractivity contribution in [1.29, 1.82) is 0 Å². The van der Waals surface area contributed by atoms with Gasteiger partial charge in [0.15, 0.2) is 0 Å². The molecule has 1 unspecified atom stereocenters. The summed E-state index contributed by atoms with van der Waals surface area (Å²) < 4.78 is 0. The molecular weight excluding hydrogens is 200 g/mol. The lowest BCUT2D eigenvalue weighted by molar-refractivity contribution is -0.118. The van der Waals surface area contributed by atoms with Crippen LogP contribution in [0, 0.1) is 6.92 Å². The van der Waals surface area contributed by atoms with Gasteiger partial charge in [-0.3, -0.25) is 4.79 Å². The Morgan fingerprint density at radius 2 is 2.25 bits per heavy atom. The Morgan fingerprint density at radius 1 is 1.50 bits per heavy atom. The number of carbonyl (C=O) groups excluding carboxylic acids is 1. The minimum absolute atomic E-state index is 0.0593. The first-order valence-corrected chi connectivity index (χ1v) is 5.80. The van der Waals surface area contributed by atoms with Crippen LogP contribution in [-0.2, 0) is 11.2 Å². The third-order valence-corrected chi connectivity index (χ3v) is 3.22. The Kier molecular flexibility index (Phi) is 2.97. The molecule has 0 saturated carbocycles. The van der Waals surface area contributed by atoms with Crippen LogP contribution in [0.15, 0.2) is 18.2 Å². The second-order valence-electron chi connectivity index (χ2n) is 4.32. The van der Waals surface area contributed by atoms with Crippen LogP contribution >= 0.6 is 0 Å². The normalized spacial score (nSPS) is 20.6. The van der Waals surface area contributed by atoms with Crippen molar-refractivity contribution < 1.29 is 4.79 Å². The molecule has 1 amide bonds. The summed E-state index contributed by atoms with van der Waals surface area (Å²) in [6, 6.07) is 5.85. The molecule has 3 nitrogen and oxygen atoms in total. The minimum atomic E-state index is -0.315. The first-order valence-electron chi connectivity index (χ1n) is 5.80. The third-order valence-electron chi connectivity index (χ3n) is 3.22. The van der Waals surface area contributed by atoms with Gasteiger partial charge in [-0.2, -0.15) is 0 Å². The maximum Gasteiger partial charge on any atom is 0.243 e. The maximum atomic E-state index is 11.9. The van der Waals surface area contributed by atoms with Gasteiger partial charge in [0.25, 0.3) is 0 Å². The van der Waals surface area contributed by atoms with Gasteiger partial charge in [0.2, 0.25) is 5.91 Å². The quantitative estimate of drug-likeness (QED) is 0.820. The Hall–Kier alpha value is -1.35. The van der Waals surface area contributed by atoms with Gasteiger partial charge < -0.3 is 10.6 Å². The fourth-order valence-electron chi connectivity index (χ4n) is 2.32. The number of benzene rings is 1. The van der Waals surface area contributed by atoms with E-state index in [-0.39, 0.29) is 11.9 Å². The molecule has 86 valence electrons. The van der Waals surface area contributed by atoms with E-state index in [1.165, 1.54) is 5.56 Å². The number of nitrogens with zero attached hydrogens (tertiary/aromatic N) is 1. The van der Waals surface area contributed by atoms with Crippen molar-refractivity contribution in [3.8, 4) is 0 Å². The number of nitrogens with two attached hydrogens (primary N) is 1. The lowest BCUT2D eigenvalue weighted by Crippen LogP contribution is -2.34. The fraction of sp³-hybridized carbons (Fsp3) is 0.462. The van der Waals surface area contributed by atoms with Crippen molar-refractivity contribution >= 4 is 11.6 Å². The van der Waals surface area contributed by atoms with E-state index in [1.54, 1.807) is 0 Å². The maximum absolute atomic E-state index is 11.9. The Morgan fingerprint density at radius 3 is 2.81 bits per heavy atom. The third kappa shape index (κ3) is 1.71. The molecule has 1 aromatic carbocycles. The van der Waals surface area contributed by atoms with Gasteiger partial charge in [0.05, 0.1) is 6.04 Å². The zero-order valence-corrected chi connectivity index (χ0v) is 9.86. The number of rotatable bonds is 2. The van der Waals surface area contributed by atoms with Gasteiger partial charge in [-0.05, 0) is 30.9 Å². The lowest BCUT2D eigenvalue weighted by atomic mass is 10.0. The monoisotopic (exact) mass is 218 g/mol. The standard InChI is InChI=1S/C13H18N2O/c1-3-10-6-4-5-9(2)12(10)15-8-7-11(14)13(15)16/h4-6,11H,3,7-8,14H2,1-2H3. The molecule has 0 aliphatic carbocycles.